The van der Waals surface area contributed by atoms with E-state index in [2.05, 4.69) is 11.9 Å². The van der Waals surface area contributed by atoms with E-state index in [1.54, 1.807) is 17.4 Å². The molecule has 0 atom stereocenters. The first-order valence-electron chi connectivity index (χ1n) is 6.30. The summed E-state index contributed by atoms with van der Waals surface area (Å²) in [6, 6.07) is 5.39. The van der Waals surface area contributed by atoms with Crippen LogP contribution in [0.2, 0.25) is 0 Å². The van der Waals surface area contributed by atoms with Crippen LogP contribution < -0.4 is 0 Å². The molecule has 0 bridgehead atoms. The zero-order valence-corrected chi connectivity index (χ0v) is 12.0. The molecule has 0 aliphatic heterocycles. The fourth-order valence-corrected chi connectivity index (χ4v) is 2.63. The third-order valence-corrected chi connectivity index (χ3v) is 3.71. The van der Waals surface area contributed by atoms with Crippen LogP contribution in [0.15, 0.2) is 18.2 Å². The summed E-state index contributed by atoms with van der Waals surface area (Å²) in [6.45, 7) is 3.43. The van der Waals surface area contributed by atoms with Crippen molar-refractivity contribution in [1.82, 2.24) is 4.98 Å². The Morgan fingerprint density at radius 3 is 3.00 bits per heavy atom. The molecule has 0 amide bonds. The highest BCUT2D eigenvalue weighted by atomic mass is 32.1. The Morgan fingerprint density at radius 1 is 1.42 bits per heavy atom. The number of hydrogen-bond acceptors (Lipinski definition) is 5. The van der Waals surface area contributed by atoms with Crippen molar-refractivity contribution in [2.75, 3.05) is 13.7 Å². The number of hydrogen-bond donors (Lipinski definition) is 0. The minimum absolute atomic E-state index is 0.323. The Hall–Kier alpha value is -1.46. The molecule has 0 N–H and O–H groups in total. The molecule has 2 rings (SSSR count). The number of fused-ring (bicyclic) bond motifs is 1. The molecule has 0 aliphatic carbocycles. The van der Waals surface area contributed by atoms with Gasteiger partial charge in [-0.1, -0.05) is 13.3 Å². The normalized spacial score (nSPS) is 10.8. The molecule has 102 valence electrons. The summed E-state index contributed by atoms with van der Waals surface area (Å²) in [6.07, 6.45) is 2.19. The highest BCUT2D eigenvalue weighted by Gasteiger charge is 2.09. The van der Waals surface area contributed by atoms with Crippen molar-refractivity contribution < 1.29 is 14.3 Å². The molecule has 0 spiro atoms. The molecule has 19 heavy (non-hydrogen) atoms. The Labute approximate surface area is 116 Å². The molecule has 5 heteroatoms. The number of carbonyl (C=O) groups is 1. The number of carbonyl (C=O) groups excluding carboxylic acids is 1. The minimum Gasteiger partial charge on any atom is -0.465 e. The van der Waals surface area contributed by atoms with E-state index >= 15 is 0 Å². The van der Waals surface area contributed by atoms with Crippen molar-refractivity contribution >= 4 is 27.5 Å². The van der Waals surface area contributed by atoms with Crippen LogP contribution in [0, 0.1) is 0 Å². The van der Waals surface area contributed by atoms with Gasteiger partial charge in [0.05, 0.1) is 29.5 Å². The van der Waals surface area contributed by atoms with Crippen molar-refractivity contribution in [3.8, 4) is 0 Å². The number of unbranched alkanes of at least 4 members (excludes halogenated alkanes) is 1. The molecule has 0 unspecified atom stereocenters. The van der Waals surface area contributed by atoms with Gasteiger partial charge < -0.3 is 9.47 Å². The summed E-state index contributed by atoms with van der Waals surface area (Å²) >= 11 is 1.55. The minimum atomic E-state index is -0.323. The molecule has 0 radical (unpaired) electrons. The van der Waals surface area contributed by atoms with Gasteiger partial charge >= 0.3 is 5.97 Å². The lowest BCUT2D eigenvalue weighted by atomic mass is 10.2. The highest BCUT2D eigenvalue weighted by Crippen LogP contribution is 2.24. The van der Waals surface area contributed by atoms with E-state index < -0.39 is 0 Å². The topological polar surface area (TPSA) is 48.4 Å². The van der Waals surface area contributed by atoms with Gasteiger partial charge in [-0.05, 0) is 24.6 Å². The summed E-state index contributed by atoms with van der Waals surface area (Å²) < 4.78 is 11.2. The molecule has 1 aromatic carbocycles. The predicted molar refractivity (Wildman–Crippen MR) is 75.5 cm³/mol. The van der Waals surface area contributed by atoms with Crippen molar-refractivity contribution in [3.63, 3.8) is 0 Å². The van der Waals surface area contributed by atoms with E-state index in [4.69, 9.17) is 9.47 Å². The van der Waals surface area contributed by atoms with Crippen LogP contribution >= 0.6 is 11.3 Å². The van der Waals surface area contributed by atoms with Crippen molar-refractivity contribution in [1.29, 1.82) is 0 Å². The fourth-order valence-electron chi connectivity index (χ4n) is 1.68. The molecule has 0 aliphatic rings. The first-order chi connectivity index (χ1) is 9.24. The maximum Gasteiger partial charge on any atom is 0.337 e. The molecule has 1 aromatic heterocycles. The standard InChI is InChI=1S/C14H17NO3S/c1-3-4-7-18-9-13-15-11-6-5-10(14(16)17-2)8-12(11)19-13/h5-6,8H,3-4,7,9H2,1-2H3. The fraction of sp³-hybridized carbons (Fsp3) is 0.429. The van der Waals surface area contributed by atoms with Crippen LogP contribution in [-0.2, 0) is 16.1 Å². The zero-order chi connectivity index (χ0) is 13.7. The van der Waals surface area contributed by atoms with Crippen LogP contribution in [0.1, 0.15) is 35.1 Å². The quantitative estimate of drug-likeness (QED) is 0.600. The molecule has 4 nitrogen and oxygen atoms in total. The molecule has 0 fully saturated rings. The Bertz CT molecular complexity index is 565. The number of methoxy groups -OCH3 is 1. The number of esters is 1. The molecular weight excluding hydrogens is 262 g/mol. The number of nitrogens with zero attached hydrogens (tertiary/aromatic N) is 1. The molecule has 0 saturated carbocycles. The summed E-state index contributed by atoms with van der Waals surface area (Å²) in [5.41, 5.74) is 1.45. The summed E-state index contributed by atoms with van der Waals surface area (Å²) in [5, 5.41) is 0.938. The largest absolute Gasteiger partial charge is 0.465 e. The van der Waals surface area contributed by atoms with E-state index in [1.165, 1.54) is 7.11 Å². The third kappa shape index (κ3) is 3.52. The van der Waals surface area contributed by atoms with Gasteiger partial charge in [0.25, 0.3) is 0 Å². The zero-order valence-electron chi connectivity index (χ0n) is 11.1. The second-order valence-corrected chi connectivity index (χ2v) is 5.30. The number of rotatable bonds is 6. The second-order valence-electron chi connectivity index (χ2n) is 4.19. The molecular formula is C14H17NO3S. The molecule has 1 heterocycles. The van der Waals surface area contributed by atoms with Gasteiger partial charge in [0, 0.05) is 6.61 Å². The van der Waals surface area contributed by atoms with Crippen LogP contribution in [0.5, 0.6) is 0 Å². The number of benzene rings is 1. The Morgan fingerprint density at radius 2 is 2.26 bits per heavy atom. The van der Waals surface area contributed by atoms with Gasteiger partial charge in [-0.25, -0.2) is 9.78 Å². The van der Waals surface area contributed by atoms with Crippen molar-refractivity contribution in [2.24, 2.45) is 0 Å². The SMILES string of the molecule is CCCCOCc1nc2ccc(C(=O)OC)cc2s1. The van der Waals surface area contributed by atoms with Gasteiger partial charge in [-0.2, -0.15) is 0 Å². The third-order valence-electron chi connectivity index (χ3n) is 2.72. The van der Waals surface area contributed by atoms with Gasteiger partial charge in [0.1, 0.15) is 5.01 Å². The smallest absolute Gasteiger partial charge is 0.337 e. The average Bonchev–Trinajstić information content (AvgIpc) is 2.84. The van der Waals surface area contributed by atoms with Crippen LogP contribution in [-0.4, -0.2) is 24.7 Å². The van der Waals surface area contributed by atoms with Gasteiger partial charge in [-0.3, -0.25) is 0 Å². The van der Waals surface area contributed by atoms with E-state index in [9.17, 15) is 4.79 Å². The molecule has 2 aromatic rings. The second kappa shape index (κ2) is 6.63. The van der Waals surface area contributed by atoms with Gasteiger partial charge in [-0.15, -0.1) is 11.3 Å². The van der Waals surface area contributed by atoms with E-state index in [0.29, 0.717) is 12.2 Å². The lowest BCUT2D eigenvalue weighted by molar-refractivity contribution is 0.0601. The first kappa shape index (κ1) is 14.0. The van der Waals surface area contributed by atoms with Gasteiger partial charge in [0.15, 0.2) is 0 Å². The summed E-state index contributed by atoms with van der Waals surface area (Å²) in [5.74, 6) is -0.323. The highest BCUT2D eigenvalue weighted by molar-refractivity contribution is 7.18. The summed E-state index contributed by atoms with van der Waals surface area (Å²) in [7, 11) is 1.38. The van der Waals surface area contributed by atoms with Gasteiger partial charge in [0.2, 0.25) is 0 Å². The molecule has 0 saturated heterocycles. The maximum absolute atomic E-state index is 11.4. The average molecular weight is 279 g/mol. The summed E-state index contributed by atoms with van der Waals surface area (Å²) in [4.78, 5) is 15.9. The number of aromatic nitrogens is 1. The van der Waals surface area contributed by atoms with E-state index in [0.717, 1.165) is 34.7 Å². The lowest BCUT2D eigenvalue weighted by Crippen LogP contribution is -1.99. The van der Waals surface area contributed by atoms with Crippen molar-refractivity contribution in [3.05, 3.63) is 28.8 Å². The van der Waals surface area contributed by atoms with E-state index in [1.807, 2.05) is 12.1 Å². The number of thiazole rings is 1. The lowest BCUT2D eigenvalue weighted by Gasteiger charge is -1.98. The maximum atomic E-state index is 11.4. The monoisotopic (exact) mass is 279 g/mol. The van der Waals surface area contributed by atoms with Crippen LogP contribution in [0.4, 0.5) is 0 Å². The van der Waals surface area contributed by atoms with E-state index in [-0.39, 0.29) is 5.97 Å². The van der Waals surface area contributed by atoms with Crippen LogP contribution in [0.25, 0.3) is 10.2 Å². The van der Waals surface area contributed by atoms with Crippen molar-refractivity contribution in [2.45, 2.75) is 26.4 Å². The predicted octanol–water partition coefficient (Wildman–Crippen LogP) is 3.40. The number of ether oxygens (including phenoxy) is 2. The first-order valence-corrected chi connectivity index (χ1v) is 7.11. The Balaban J connectivity index is 2.09. The Kier molecular flexibility index (Phi) is 4.87. The van der Waals surface area contributed by atoms with Crippen LogP contribution in [0.3, 0.4) is 0 Å².